The van der Waals surface area contributed by atoms with Gasteiger partial charge in [0, 0.05) is 31.7 Å². The van der Waals surface area contributed by atoms with Crippen molar-refractivity contribution in [3.8, 4) is 0 Å². The number of hydrogen-bond acceptors (Lipinski definition) is 3. The predicted molar refractivity (Wildman–Crippen MR) is 50.9 cm³/mol. The van der Waals surface area contributed by atoms with Gasteiger partial charge in [-0.2, -0.15) is 0 Å². The van der Waals surface area contributed by atoms with Crippen molar-refractivity contribution in [2.24, 2.45) is 0 Å². The fourth-order valence-corrected chi connectivity index (χ4v) is 1.81. The lowest BCUT2D eigenvalue weighted by atomic mass is 10.0. The zero-order valence-corrected chi connectivity index (χ0v) is 8.27. The summed E-state index contributed by atoms with van der Waals surface area (Å²) in [4.78, 5) is 2.53. The molecule has 2 rings (SSSR count). The second-order valence-electron chi connectivity index (χ2n) is 3.41. The molecule has 3 nitrogen and oxygen atoms in total. The maximum atomic E-state index is 5.29. The second kappa shape index (κ2) is 4.42. The zero-order chi connectivity index (χ0) is 7.68. The smallest absolute Gasteiger partial charge is 0.0594 e. The summed E-state index contributed by atoms with van der Waals surface area (Å²) in [7, 11) is 0. The first-order chi connectivity index (χ1) is 5.38. The largest absolute Gasteiger partial charge is 0.379 e. The van der Waals surface area contributed by atoms with Crippen LogP contribution in [0.4, 0.5) is 0 Å². The number of morpholine rings is 1. The van der Waals surface area contributed by atoms with Gasteiger partial charge in [0.05, 0.1) is 13.2 Å². The molecule has 2 aliphatic heterocycles. The molecular formula is C8H17ClN2O. The Morgan fingerprint density at radius 3 is 2.42 bits per heavy atom. The van der Waals surface area contributed by atoms with Crippen molar-refractivity contribution in [2.75, 3.05) is 32.8 Å². The Morgan fingerprint density at radius 1 is 1.33 bits per heavy atom. The average molecular weight is 193 g/mol. The molecule has 2 atom stereocenters. The summed E-state index contributed by atoms with van der Waals surface area (Å²) >= 11 is 0. The fraction of sp³-hybridized carbons (Fsp3) is 1.00. The fourth-order valence-electron chi connectivity index (χ4n) is 1.81. The molecule has 0 aromatic rings. The third-order valence-corrected chi connectivity index (χ3v) is 2.74. The zero-order valence-electron chi connectivity index (χ0n) is 7.45. The molecule has 0 spiro atoms. The van der Waals surface area contributed by atoms with E-state index in [1.807, 2.05) is 0 Å². The maximum Gasteiger partial charge on any atom is 0.0594 e. The number of nitrogens with one attached hydrogen (secondary N) is 1. The Balaban J connectivity index is 0.000000720. The van der Waals surface area contributed by atoms with Crippen LogP contribution in [0.1, 0.15) is 6.92 Å². The lowest BCUT2D eigenvalue weighted by Gasteiger charge is -2.45. The quantitative estimate of drug-likeness (QED) is 0.638. The molecule has 0 unspecified atom stereocenters. The van der Waals surface area contributed by atoms with Gasteiger partial charge in [0.15, 0.2) is 0 Å². The molecule has 12 heavy (non-hydrogen) atoms. The monoisotopic (exact) mass is 192 g/mol. The molecule has 0 radical (unpaired) electrons. The van der Waals surface area contributed by atoms with Crippen molar-refractivity contribution in [3.05, 3.63) is 0 Å². The van der Waals surface area contributed by atoms with Gasteiger partial charge in [0.1, 0.15) is 0 Å². The van der Waals surface area contributed by atoms with E-state index in [4.69, 9.17) is 4.74 Å². The van der Waals surface area contributed by atoms with Gasteiger partial charge in [0.25, 0.3) is 0 Å². The van der Waals surface area contributed by atoms with E-state index < -0.39 is 0 Å². The molecule has 2 heterocycles. The third kappa shape index (κ3) is 1.91. The first-order valence-electron chi connectivity index (χ1n) is 4.43. The van der Waals surface area contributed by atoms with Gasteiger partial charge in [0.2, 0.25) is 0 Å². The minimum atomic E-state index is 0. The van der Waals surface area contributed by atoms with E-state index in [2.05, 4.69) is 17.1 Å². The highest BCUT2D eigenvalue weighted by Crippen LogP contribution is 2.13. The Kier molecular flexibility index (Phi) is 3.77. The number of hydrogen-bond donors (Lipinski definition) is 1. The van der Waals surface area contributed by atoms with Crippen molar-refractivity contribution in [1.29, 1.82) is 0 Å². The van der Waals surface area contributed by atoms with Gasteiger partial charge < -0.3 is 10.1 Å². The highest BCUT2D eigenvalue weighted by molar-refractivity contribution is 5.85. The van der Waals surface area contributed by atoms with Crippen LogP contribution < -0.4 is 5.32 Å². The van der Waals surface area contributed by atoms with E-state index in [9.17, 15) is 0 Å². The van der Waals surface area contributed by atoms with Crippen molar-refractivity contribution in [1.82, 2.24) is 10.2 Å². The van der Waals surface area contributed by atoms with Gasteiger partial charge in [-0.05, 0) is 6.92 Å². The highest BCUT2D eigenvalue weighted by Gasteiger charge is 2.32. The minimum Gasteiger partial charge on any atom is -0.379 e. The molecular weight excluding hydrogens is 176 g/mol. The van der Waals surface area contributed by atoms with Gasteiger partial charge in [-0.15, -0.1) is 12.4 Å². The van der Waals surface area contributed by atoms with E-state index in [1.54, 1.807) is 0 Å². The topological polar surface area (TPSA) is 24.5 Å². The van der Waals surface area contributed by atoms with Crippen LogP contribution in [0.15, 0.2) is 0 Å². The summed E-state index contributed by atoms with van der Waals surface area (Å²) < 4.78 is 5.29. The second-order valence-corrected chi connectivity index (χ2v) is 3.41. The van der Waals surface area contributed by atoms with Crippen LogP contribution in [0.25, 0.3) is 0 Å². The van der Waals surface area contributed by atoms with Crippen molar-refractivity contribution >= 4 is 12.4 Å². The van der Waals surface area contributed by atoms with Crippen LogP contribution in [0.5, 0.6) is 0 Å². The predicted octanol–water partition coefficient (Wildman–Crippen LogP) is 0.101. The molecule has 0 amide bonds. The van der Waals surface area contributed by atoms with E-state index >= 15 is 0 Å². The lowest BCUT2D eigenvalue weighted by Crippen LogP contribution is -2.65. The Bertz CT molecular complexity index is 139. The van der Waals surface area contributed by atoms with Crippen molar-refractivity contribution < 1.29 is 4.74 Å². The molecule has 4 heteroatoms. The van der Waals surface area contributed by atoms with Gasteiger partial charge in [-0.3, -0.25) is 4.90 Å². The average Bonchev–Trinajstić information content (AvgIpc) is 2.04. The van der Waals surface area contributed by atoms with E-state index in [-0.39, 0.29) is 12.4 Å². The van der Waals surface area contributed by atoms with Crippen molar-refractivity contribution in [2.45, 2.75) is 19.0 Å². The Labute approximate surface area is 79.9 Å². The third-order valence-electron chi connectivity index (χ3n) is 2.74. The maximum absolute atomic E-state index is 5.29. The summed E-state index contributed by atoms with van der Waals surface area (Å²) in [5.41, 5.74) is 0. The normalized spacial score (nSPS) is 36.8. The molecule has 0 aromatic carbocycles. The van der Waals surface area contributed by atoms with Crippen LogP contribution in [0.2, 0.25) is 0 Å². The van der Waals surface area contributed by atoms with Crippen LogP contribution in [-0.4, -0.2) is 49.8 Å². The number of halogens is 1. The van der Waals surface area contributed by atoms with Crippen LogP contribution in [0, 0.1) is 0 Å². The summed E-state index contributed by atoms with van der Waals surface area (Å²) in [6, 6.07) is 1.46. The number of ether oxygens (including phenoxy) is 1. The van der Waals surface area contributed by atoms with Crippen LogP contribution >= 0.6 is 12.4 Å². The molecule has 0 aromatic heterocycles. The van der Waals surface area contributed by atoms with E-state index in [0.717, 1.165) is 32.3 Å². The van der Waals surface area contributed by atoms with E-state index in [0.29, 0.717) is 6.04 Å². The molecule has 2 aliphatic rings. The summed E-state index contributed by atoms with van der Waals surface area (Å²) in [5, 5.41) is 3.37. The molecule has 2 saturated heterocycles. The summed E-state index contributed by atoms with van der Waals surface area (Å²) in [6.07, 6.45) is 0. The summed E-state index contributed by atoms with van der Waals surface area (Å²) in [5.74, 6) is 0. The van der Waals surface area contributed by atoms with Crippen LogP contribution in [0.3, 0.4) is 0 Å². The molecule has 2 fully saturated rings. The number of rotatable bonds is 1. The SMILES string of the molecule is C[C@H]1NC[C@H]1N1CCOCC1.Cl. The number of nitrogens with zero attached hydrogens (tertiary/aromatic N) is 1. The van der Waals surface area contributed by atoms with Crippen LogP contribution in [-0.2, 0) is 4.74 Å². The van der Waals surface area contributed by atoms with Crippen molar-refractivity contribution in [3.63, 3.8) is 0 Å². The molecule has 72 valence electrons. The molecule has 0 saturated carbocycles. The highest BCUT2D eigenvalue weighted by atomic mass is 35.5. The lowest BCUT2D eigenvalue weighted by molar-refractivity contribution is -0.00777. The van der Waals surface area contributed by atoms with Gasteiger partial charge in [-0.25, -0.2) is 0 Å². The Hall–Kier alpha value is 0.170. The first-order valence-corrected chi connectivity index (χ1v) is 4.43. The molecule has 1 N–H and O–H groups in total. The Morgan fingerprint density at radius 2 is 2.00 bits per heavy atom. The van der Waals surface area contributed by atoms with E-state index in [1.165, 1.54) is 6.54 Å². The van der Waals surface area contributed by atoms with Gasteiger partial charge >= 0.3 is 0 Å². The minimum absolute atomic E-state index is 0. The molecule has 0 bridgehead atoms. The first kappa shape index (κ1) is 10.3. The summed E-state index contributed by atoms with van der Waals surface area (Å²) in [6.45, 7) is 7.50. The standard InChI is InChI=1S/C8H16N2O.ClH/c1-7-8(6-9-7)10-2-4-11-5-3-10;/h7-9H,2-6H2,1H3;1H/t7-,8-;/m1./s1. The van der Waals surface area contributed by atoms with Gasteiger partial charge in [-0.1, -0.05) is 0 Å². The molecule has 0 aliphatic carbocycles.